The van der Waals surface area contributed by atoms with E-state index in [2.05, 4.69) is 10.0 Å². The Kier molecular flexibility index (Phi) is 7.77. The second-order valence-corrected chi connectivity index (χ2v) is 9.25. The van der Waals surface area contributed by atoms with Crippen LogP contribution in [0, 0.1) is 0 Å². The molecule has 0 aliphatic heterocycles. The number of rotatable bonds is 9. The molecule has 1 amide bonds. The Morgan fingerprint density at radius 2 is 1.72 bits per heavy atom. The normalized spacial score (nSPS) is 12.1. The molecule has 0 aliphatic rings. The van der Waals surface area contributed by atoms with E-state index in [1.54, 1.807) is 30.3 Å². The Morgan fingerprint density at radius 3 is 2.38 bits per heavy atom. The van der Waals surface area contributed by atoms with Crippen LogP contribution in [0.1, 0.15) is 31.2 Å². The molecular formula is C24H25ClN2O4S. The first-order chi connectivity index (χ1) is 15.4. The maximum absolute atomic E-state index is 13.1. The number of para-hydroxylation sites is 1. The highest BCUT2D eigenvalue weighted by Crippen LogP contribution is 2.31. The van der Waals surface area contributed by atoms with Crippen molar-refractivity contribution in [3.63, 3.8) is 0 Å². The van der Waals surface area contributed by atoms with Gasteiger partial charge in [-0.1, -0.05) is 67.4 Å². The molecule has 3 aromatic rings. The number of halogens is 1. The minimum absolute atomic E-state index is 0.107. The fourth-order valence-electron chi connectivity index (χ4n) is 3.36. The highest BCUT2D eigenvalue weighted by molar-refractivity contribution is 7.92. The molecule has 32 heavy (non-hydrogen) atoms. The van der Waals surface area contributed by atoms with Crippen molar-refractivity contribution in [3.05, 3.63) is 83.4 Å². The minimum atomic E-state index is -4.03. The van der Waals surface area contributed by atoms with Crippen molar-refractivity contribution in [2.75, 3.05) is 17.1 Å². The van der Waals surface area contributed by atoms with Gasteiger partial charge in [0.25, 0.3) is 10.0 Å². The summed E-state index contributed by atoms with van der Waals surface area (Å²) in [5.41, 5.74) is 1.51. The van der Waals surface area contributed by atoms with E-state index in [1.165, 1.54) is 19.2 Å². The number of carbonyl (C=O) groups excluding carboxylic acids is 1. The number of hydrogen-bond acceptors (Lipinski definition) is 4. The van der Waals surface area contributed by atoms with Crippen molar-refractivity contribution in [2.45, 2.75) is 30.6 Å². The molecule has 3 rings (SSSR count). The number of nitrogens with one attached hydrogen (secondary N) is 2. The third-order valence-corrected chi connectivity index (χ3v) is 6.65. The first-order valence-electron chi connectivity index (χ1n) is 10.2. The lowest BCUT2D eigenvalue weighted by Gasteiger charge is -2.18. The van der Waals surface area contributed by atoms with Gasteiger partial charge in [-0.3, -0.25) is 9.52 Å². The van der Waals surface area contributed by atoms with Gasteiger partial charge in [0, 0.05) is 5.69 Å². The van der Waals surface area contributed by atoms with Crippen molar-refractivity contribution < 1.29 is 17.9 Å². The van der Waals surface area contributed by atoms with Crippen LogP contribution in [0.5, 0.6) is 5.75 Å². The fourth-order valence-corrected chi connectivity index (χ4v) is 4.88. The van der Waals surface area contributed by atoms with Crippen molar-refractivity contribution >= 4 is 38.9 Å². The molecule has 0 heterocycles. The van der Waals surface area contributed by atoms with Crippen LogP contribution in [0.3, 0.4) is 0 Å². The zero-order valence-corrected chi connectivity index (χ0v) is 19.4. The molecule has 0 spiro atoms. The molecule has 0 radical (unpaired) electrons. The lowest BCUT2D eigenvalue weighted by molar-refractivity contribution is -0.117. The fraction of sp³-hybridized carbons (Fsp3) is 0.208. The first-order valence-corrected chi connectivity index (χ1v) is 12.0. The largest absolute Gasteiger partial charge is 0.495 e. The monoisotopic (exact) mass is 472 g/mol. The highest BCUT2D eigenvalue weighted by atomic mass is 35.5. The summed E-state index contributed by atoms with van der Waals surface area (Å²) in [4.78, 5) is 12.9. The van der Waals surface area contributed by atoms with Crippen molar-refractivity contribution in [1.82, 2.24) is 0 Å². The zero-order chi connectivity index (χ0) is 23.1. The summed E-state index contributed by atoms with van der Waals surface area (Å²) in [6.45, 7) is 2.02. The van der Waals surface area contributed by atoms with Gasteiger partial charge in [0.2, 0.25) is 5.91 Å². The van der Waals surface area contributed by atoms with E-state index in [0.29, 0.717) is 12.1 Å². The predicted molar refractivity (Wildman–Crippen MR) is 128 cm³/mol. The van der Waals surface area contributed by atoms with E-state index in [-0.39, 0.29) is 33.2 Å². The Hall–Kier alpha value is -3.03. The Labute approximate surface area is 193 Å². The van der Waals surface area contributed by atoms with Crippen molar-refractivity contribution in [2.24, 2.45) is 0 Å². The summed E-state index contributed by atoms with van der Waals surface area (Å²) in [7, 11) is -2.65. The maximum Gasteiger partial charge on any atom is 0.265 e. The second kappa shape index (κ2) is 10.5. The van der Waals surface area contributed by atoms with Crippen molar-refractivity contribution in [3.8, 4) is 5.75 Å². The summed E-state index contributed by atoms with van der Waals surface area (Å²) in [5.74, 6) is -0.397. The predicted octanol–water partition coefficient (Wildman–Crippen LogP) is 5.67. The van der Waals surface area contributed by atoms with E-state index >= 15 is 0 Å². The molecule has 3 aromatic carbocycles. The molecule has 0 bridgehead atoms. The quantitative estimate of drug-likeness (QED) is 0.420. The molecular weight excluding hydrogens is 448 g/mol. The topological polar surface area (TPSA) is 84.5 Å². The summed E-state index contributed by atoms with van der Waals surface area (Å²) < 4.78 is 33.9. The van der Waals surface area contributed by atoms with Crippen LogP contribution in [-0.4, -0.2) is 21.4 Å². The minimum Gasteiger partial charge on any atom is -0.495 e. The van der Waals surface area contributed by atoms with Crippen LogP contribution in [0.25, 0.3) is 0 Å². The van der Waals surface area contributed by atoms with E-state index in [4.69, 9.17) is 16.3 Å². The van der Waals surface area contributed by atoms with Gasteiger partial charge >= 0.3 is 0 Å². The number of amides is 1. The zero-order valence-electron chi connectivity index (χ0n) is 17.8. The van der Waals surface area contributed by atoms with Gasteiger partial charge in [-0.05, 0) is 42.3 Å². The second-order valence-electron chi connectivity index (χ2n) is 7.19. The van der Waals surface area contributed by atoms with E-state index in [0.717, 1.165) is 12.0 Å². The van der Waals surface area contributed by atoms with E-state index in [1.807, 2.05) is 37.3 Å². The number of carbonyl (C=O) groups is 1. The molecule has 2 N–H and O–H groups in total. The van der Waals surface area contributed by atoms with Crippen LogP contribution in [0.15, 0.2) is 77.7 Å². The molecule has 1 atom stereocenters. The van der Waals surface area contributed by atoms with Crippen LogP contribution < -0.4 is 14.8 Å². The summed E-state index contributed by atoms with van der Waals surface area (Å²) in [6, 6.07) is 20.5. The van der Waals surface area contributed by atoms with Gasteiger partial charge in [-0.15, -0.1) is 0 Å². The van der Waals surface area contributed by atoms with Gasteiger partial charge in [-0.25, -0.2) is 8.42 Å². The summed E-state index contributed by atoms with van der Waals surface area (Å²) in [6.07, 6.45) is 1.50. The van der Waals surface area contributed by atoms with Gasteiger partial charge in [0.1, 0.15) is 10.6 Å². The Bertz CT molecular complexity index is 1180. The molecule has 0 aromatic heterocycles. The lowest BCUT2D eigenvalue weighted by atomic mass is 9.93. The summed E-state index contributed by atoms with van der Waals surface area (Å²) >= 11 is 6.10. The molecule has 0 saturated heterocycles. The number of methoxy groups -OCH3 is 1. The van der Waals surface area contributed by atoms with Gasteiger partial charge in [-0.2, -0.15) is 0 Å². The molecule has 0 fully saturated rings. The number of anilines is 2. The van der Waals surface area contributed by atoms with E-state index < -0.39 is 10.0 Å². The van der Waals surface area contributed by atoms with Crippen LogP contribution >= 0.6 is 11.6 Å². The molecule has 0 saturated carbocycles. The number of hydrogen-bond donors (Lipinski definition) is 2. The van der Waals surface area contributed by atoms with Crippen LogP contribution in [-0.2, 0) is 14.8 Å². The number of sulfonamides is 1. The number of ether oxygens (including phenoxy) is 1. The Balaban J connectivity index is 1.90. The van der Waals surface area contributed by atoms with Crippen LogP contribution in [0.2, 0.25) is 5.02 Å². The average Bonchev–Trinajstić information content (AvgIpc) is 2.79. The molecule has 168 valence electrons. The standard InChI is InChI=1S/C24H25ClN2O4S/c1-3-9-19(17-10-5-4-6-11-17)24(28)26-18-14-15-22(31-2)23(16-18)32(29,30)27-21-13-8-7-12-20(21)25/h4-8,10-16,19,27H,3,9H2,1-2H3,(H,26,28). The van der Waals surface area contributed by atoms with Gasteiger partial charge in [0.05, 0.1) is 23.7 Å². The number of benzene rings is 3. The Morgan fingerprint density at radius 1 is 1.03 bits per heavy atom. The first kappa shape index (κ1) is 23.6. The highest BCUT2D eigenvalue weighted by Gasteiger charge is 2.24. The van der Waals surface area contributed by atoms with E-state index in [9.17, 15) is 13.2 Å². The smallest absolute Gasteiger partial charge is 0.265 e. The molecule has 0 aliphatic carbocycles. The lowest BCUT2D eigenvalue weighted by Crippen LogP contribution is -2.21. The van der Waals surface area contributed by atoms with Crippen molar-refractivity contribution in [1.29, 1.82) is 0 Å². The van der Waals surface area contributed by atoms with Gasteiger partial charge in [0.15, 0.2) is 0 Å². The summed E-state index contributed by atoms with van der Waals surface area (Å²) in [5, 5.41) is 3.12. The SMILES string of the molecule is CCCC(C(=O)Nc1ccc(OC)c(S(=O)(=O)Nc2ccccc2Cl)c1)c1ccccc1. The average molecular weight is 473 g/mol. The maximum atomic E-state index is 13.1. The third-order valence-electron chi connectivity index (χ3n) is 4.93. The molecule has 1 unspecified atom stereocenters. The van der Waals surface area contributed by atoms with Gasteiger partial charge < -0.3 is 10.1 Å². The third kappa shape index (κ3) is 5.60. The molecule has 8 heteroatoms. The molecule has 6 nitrogen and oxygen atoms in total. The van der Waals surface area contributed by atoms with Crippen LogP contribution in [0.4, 0.5) is 11.4 Å².